The summed E-state index contributed by atoms with van der Waals surface area (Å²) in [6.45, 7) is 7.07. The summed E-state index contributed by atoms with van der Waals surface area (Å²) in [5.41, 5.74) is -0.648. The molecule has 2 rings (SSSR count). The fourth-order valence-corrected chi connectivity index (χ4v) is 3.12. The van der Waals surface area contributed by atoms with Crippen LogP contribution in [0.1, 0.15) is 50.4 Å². The molecule has 1 aromatic carbocycles. The van der Waals surface area contributed by atoms with Gasteiger partial charge in [0.2, 0.25) is 5.91 Å². The van der Waals surface area contributed by atoms with E-state index in [9.17, 15) is 18.4 Å². The highest BCUT2D eigenvalue weighted by Crippen LogP contribution is 2.19. The van der Waals surface area contributed by atoms with Crippen molar-refractivity contribution in [2.75, 3.05) is 13.1 Å². The summed E-state index contributed by atoms with van der Waals surface area (Å²) in [5, 5.41) is 2.53. The highest BCUT2D eigenvalue weighted by molar-refractivity contribution is 5.98. The Morgan fingerprint density at radius 2 is 1.80 bits per heavy atom. The number of carbonyl (C=O) groups excluding carboxylic acids is 2. The molecule has 0 aliphatic carbocycles. The Bertz CT molecular complexity index is 614. The lowest BCUT2D eigenvalue weighted by molar-refractivity contribution is -0.134. The molecule has 0 radical (unpaired) electrons. The summed E-state index contributed by atoms with van der Waals surface area (Å²) in [6.07, 6.45) is 2.92. The first-order valence-electron chi connectivity index (χ1n) is 8.85. The van der Waals surface area contributed by atoms with Crippen LogP contribution >= 0.6 is 0 Å². The molecule has 1 aliphatic rings. The molecule has 2 amide bonds. The molecule has 138 valence electrons. The van der Waals surface area contributed by atoms with Crippen LogP contribution in [-0.2, 0) is 4.79 Å². The molecular formula is C19H26F2N2O2. The second-order valence-electron chi connectivity index (χ2n) is 7.15. The maximum Gasteiger partial charge on any atom is 0.257 e. The number of nitrogens with one attached hydrogen (secondary N) is 1. The quantitative estimate of drug-likeness (QED) is 0.903. The van der Waals surface area contributed by atoms with Crippen LogP contribution in [0.5, 0.6) is 0 Å². The number of carbonyl (C=O) groups is 2. The molecule has 1 N–H and O–H groups in total. The third kappa shape index (κ3) is 4.77. The van der Waals surface area contributed by atoms with Gasteiger partial charge in [-0.05, 0) is 43.2 Å². The van der Waals surface area contributed by atoms with Crippen molar-refractivity contribution in [3.05, 3.63) is 35.4 Å². The topological polar surface area (TPSA) is 49.4 Å². The molecule has 1 aromatic rings. The molecule has 1 fully saturated rings. The number of likely N-dealkylation sites (tertiary alicyclic amines) is 1. The van der Waals surface area contributed by atoms with Crippen molar-refractivity contribution in [2.24, 2.45) is 11.8 Å². The predicted octanol–water partition coefficient (Wildman–Crippen LogP) is 3.37. The van der Waals surface area contributed by atoms with Crippen molar-refractivity contribution in [2.45, 2.75) is 46.1 Å². The van der Waals surface area contributed by atoms with Gasteiger partial charge in [-0.3, -0.25) is 9.59 Å². The van der Waals surface area contributed by atoms with E-state index in [1.807, 2.05) is 0 Å². The summed E-state index contributed by atoms with van der Waals surface area (Å²) >= 11 is 0. The zero-order valence-corrected chi connectivity index (χ0v) is 15.0. The van der Waals surface area contributed by atoms with Crippen molar-refractivity contribution in [1.82, 2.24) is 10.2 Å². The molecule has 2 atom stereocenters. The second-order valence-corrected chi connectivity index (χ2v) is 7.15. The maximum absolute atomic E-state index is 13.8. The number of halogens is 2. The molecule has 6 heteroatoms. The highest BCUT2D eigenvalue weighted by atomic mass is 19.1. The normalized spacial score (nSPS) is 19.4. The molecule has 1 aliphatic heterocycles. The fourth-order valence-electron chi connectivity index (χ4n) is 3.12. The second kappa shape index (κ2) is 8.41. The van der Waals surface area contributed by atoms with Crippen LogP contribution in [0.2, 0.25) is 0 Å². The lowest BCUT2D eigenvalue weighted by Crippen LogP contribution is -2.51. The van der Waals surface area contributed by atoms with Crippen LogP contribution in [0.3, 0.4) is 0 Å². The van der Waals surface area contributed by atoms with Crippen LogP contribution in [0.4, 0.5) is 8.78 Å². The number of nitrogens with zero attached hydrogens (tertiary/aromatic N) is 1. The van der Waals surface area contributed by atoms with E-state index in [4.69, 9.17) is 0 Å². The van der Waals surface area contributed by atoms with Gasteiger partial charge in [0.15, 0.2) is 0 Å². The molecule has 25 heavy (non-hydrogen) atoms. The predicted molar refractivity (Wildman–Crippen MR) is 92.0 cm³/mol. The van der Waals surface area contributed by atoms with Crippen LogP contribution in [0.15, 0.2) is 18.2 Å². The Labute approximate surface area is 147 Å². The van der Waals surface area contributed by atoms with E-state index in [0.29, 0.717) is 19.0 Å². The van der Waals surface area contributed by atoms with E-state index in [0.717, 1.165) is 31.4 Å². The molecule has 0 spiro atoms. The van der Waals surface area contributed by atoms with Crippen LogP contribution in [0.25, 0.3) is 0 Å². The van der Waals surface area contributed by atoms with Gasteiger partial charge in [0.05, 0.1) is 0 Å². The van der Waals surface area contributed by atoms with E-state index < -0.39 is 29.1 Å². The van der Waals surface area contributed by atoms with Crippen LogP contribution in [-0.4, -0.2) is 35.8 Å². The largest absolute Gasteiger partial charge is 0.341 e. The van der Waals surface area contributed by atoms with E-state index in [1.54, 1.807) is 18.7 Å². The fraction of sp³-hybridized carbons (Fsp3) is 0.579. The zero-order valence-electron chi connectivity index (χ0n) is 15.0. The minimum atomic E-state index is -0.934. The molecule has 4 nitrogen and oxygen atoms in total. The molecule has 0 unspecified atom stereocenters. The molecule has 0 bridgehead atoms. The number of benzene rings is 1. The van der Waals surface area contributed by atoms with E-state index >= 15 is 0 Å². The third-order valence-electron chi connectivity index (χ3n) is 4.74. The lowest BCUT2D eigenvalue weighted by atomic mass is 10.0. The van der Waals surface area contributed by atoms with Gasteiger partial charge in [0, 0.05) is 13.1 Å². The first kappa shape index (κ1) is 19.3. The van der Waals surface area contributed by atoms with Gasteiger partial charge < -0.3 is 10.2 Å². The number of hydrogen-bond acceptors (Lipinski definition) is 2. The Kier molecular flexibility index (Phi) is 6.51. The number of hydrogen-bond donors (Lipinski definition) is 1. The van der Waals surface area contributed by atoms with Crippen molar-refractivity contribution >= 4 is 11.8 Å². The molecule has 1 saturated heterocycles. The lowest BCUT2D eigenvalue weighted by Gasteiger charge is -2.29. The van der Waals surface area contributed by atoms with Crippen LogP contribution < -0.4 is 5.32 Å². The average Bonchev–Trinajstić information content (AvgIpc) is 2.76. The Morgan fingerprint density at radius 1 is 1.16 bits per heavy atom. The van der Waals surface area contributed by atoms with Crippen LogP contribution in [0, 0.1) is 23.5 Å². The standard InChI is InChI=1S/C19H26F2N2O2/c1-12(2)17(19(25)23-10-5-6-13(3)9-11-23)22-18(24)16-14(20)7-4-8-15(16)21/h4,7-8,12-13,17H,5-6,9-11H2,1-3H3,(H,22,24)/t13-,17+/m0/s1. The van der Waals surface area contributed by atoms with Gasteiger partial charge in [-0.25, -0.2) is 8.78 Å². The smallest absolute Gasteiger partial charge is 0.257 e. The van der Waals surface area contributed by atoms with Gasteiger partial charge >= 0.3 is 0 Å². The first-order chi connectivity index (χ1) is 11.8. The minimum Gasteiger partial charge on any atom is -0.341 e. The third-order valence-corrected chi connectivity index (χ3v) is 4.74. The molecule has 0 saturated carbocycles. The van der Waals surface area contributed by atoms with E-state index in [1.165, 1.54) is 6.07 Å². The SMILES string of the molecule is CC(C)[C@@H](NC(=O)c1c(F)cccc1F)C(=O)N1CCC[C@H](C)CC1. The van der Waals surface area contributed by atoms with Gasteiger partial charge in [-0.1, -0.05) is 26.8 Å². The summed E-state index contributed by atoms with van der Waals surface area (Å²) in [5.74, 6) is -2.57. The highest BCUT2D eigenvalue weighted by Gasteiger charge is 2.31. The number of amides is 2. The minimum absolute atomic E-state index is 0.186. The van der Waals surface area contributed by atoms with Crippen molar-refractivity contribution < 1.29 is 18.4 Å². The molecular weight excluding hydrogens is 326 g/mol. The van der Waals surface area contributed by atoms with Gasteiger partial charge in [-0.2, -0.15) is 0 Å². The summed E-state index contributed by atoms with van der Waals surface area (Å²) in [4.78, 5) is 27.0. The van der Waals surface area contributed by atoms with E-state index in [-0.39, 0.29) is 11.8 Å². The first-order valence-corrected chi connectivity index (χ1v) is 8.85. The summed E-state index contributed by atoms with van der Waals surface area (Å²) in [7, 11) is 0. The Hall–Kier alpha value is -1.98. The number of rotatable bonds is 4. The maximum atomic E-state index is 13.8. The van der Waals surface area contributed by atoms with Crippen molar-refractivity contribution in [1.29, 1.82) is 0 Å². The zero-order chi connectivity index (χ0) is 18.6. The van der Waals surface area contributed by atoms with Gasteiger partial charge in [-0.15, -0.1) is 0 Å². The van der Waals surface area contributed by atoms with Gasteiger partial charge in [0.25, 0.3) is 5.91 Å². The van der Waals surface area contributed by atoms with Gasteiger partial charge in [0.1, 0.15) is 23.2 Å². The van der Waals surface area contributed by atoms with E-state index in [2.05, 4.69) is 12.2 Å². The summed E-state index contributed by atoms with van der Waals surface area (Å²) in [6, 6.07) is 2.45. The molecule has 0 aromatic heterocycles. The average molecular weight is 352 g/mol. The summed E-state index contributed by atoms with van der Waals surface area (Å²) < 4.78 is 27.6. The Morgan fingerprint density at radius 3 is 2.40 bits per heavy atom. The van der Waals surface area contributed by atoms with Crippen molar-refractivity contribution in [3.63, 3.8) is 0 Å². The monoisotopic (exact) mass is 352 g/mol. The molecule has 1 heterocycles. The van der Waals surface area contributed by atoms with Crippen molar-refractivity contribution in [3.8, 4) is 0 Å². The Balaban J connectivity index is 2.15.